The van der Waals surface area contributed by atoms with E-state index in [4.69, 9.17) is 9.47 Å². The normalized spacial score (nSPS) is 16.6. The summed E-state index contributed by atoms with van der Waals surface area (Å²) < 4.78 is 36.3. The first-order valence-electron chi connectivity index (χ1n) is 9.70. The summed E-state index contributed by atoms with van der Waals surface area (Å²) in [6.07, 6.45) is 2.38. The number of piperidine rings is 1. The third-order valence-electron chi connectivity index (χ3n) is 4.70. The number of hydrogen-bond acceptors (Lipinski definition) is 5. The number of benzene rings is 1. The molecule has 28 heavy (non-hydrogen) atoms. The summed E-state index contributed by atoms with van der Waals surface area (Å²) in [5.74, 6) is 2.46. The van der Waals surface area contributed by atoms with Crippen LogP contribution < -0.4 is 20.1 Å². The quantitative estimate of drug-likeness (QED) is 0.362. The highest BCUT2D eigenvalue weighted by Crippen LogP contribution is 2.18. The standard InChI is InChI=1S/C19H32N4O4S/c1-4-28(24,25)23-12-9-16(10-13-23)22-19(20-2)21-11-6-14-27-18-8-5-7-17(15-18)26-3/h5,7-8,15-16H,4,6,9-14H2,1-3H3,(H2,20,21,22). The lowest BCUT2D eigenvalue weighted by Crippen LogP contribution is -2.50. The summed E-state index contributed by atoms with van der Waals surface area (Å²) in [6.45, 7) is 4.11. The number of sulfonamides is 1. The Labute approximate surface area is 168 Å². The van der Waals surface area contributed by atoms with Gasteiger partial charge in [0, 0.05) is 38.8 Å². The average Bonchev–Trinajstić information content (AvgIpc) is 2.73. The van der Waals surface area contributed by atoms with Crippen molar-refractivity contribution in [1.29, 1.82) is 0 Å². The Morgan fingerprint density at radius 3 is 2.64 bits per heavy atom. The molecule has 9 heteroatoms. The molecule has 0 atom stereocenters. The molecule has 0 aliphatic carbocycles. The minimum absolute atomic E-state index is 0.159. The number of guanidine groups is 1. The van der Waals surface area contributed by atoms with Gasteiger partial charge in [0.1, 0.15) is 11.5 Å². The van der Waals surface area contributed by atoms with Crippen LogP contribution in [-0.4, -0.2) is 70.9 Å². The third kappa shape index (κ3) is 6.87. The van der Waals surface area contributed by atoms with E-state index >= 15 is 0 Å². The smallest absolute Gasteiger partial charge is 0.213 e. The van der Waals surface area contributed by atoms with Crippen LogP contribution in [0.25, 0.3) is 0 Å². The van der Waals surface area contributed by atoms with E-state index < -0.39 is 10.0 Å². The van der Waals surface area contributed by atoms with Crippen LogP contribution >= 0.6 is 0 Å². The largest absolute Gasteiger partial charge is 0.497 e. The zero-order chi connectivity index (χ0) is 20.4. The van der Waals surface area contributed by atoms with Crippen LogP contribution in [0.5, 0.6) is 11.5 Å². The molecule has 1 saturated heterocycles. The number of ether oxygens (including phenoxy) is 2. The molecule has 0 saturated carbocycles. The van der Waals surface area contributed by atoms with Crippen molar-refractivity contribution in [2.45, 2.75) is 32.2 Å². The molecule has 1 heterocycles. The molecule has 0 bridgehead atoms. The van der Waals surface area contributed by atoms with E-state index in [9.17, 15) is 8.42 Å². The van der Waals surface area contributed by atoms with Crippen LogP contribution in [0.3, 0.4) is 0 Å². The zero-order valence-electron chi connectivity index (χ0n) is 17.0. The van der Waals surface area contributed by atoms with Gasteiger partial charge in [0.25, 0.3) is 0 Å². The lowest BCUT2D eigenvalue weighted by Gasteiger charge is -2.32. The van der Waals surface area contributed by atoms with Gasteiger partial charge in [-0.25, -0.2) is 12.7 Å². The van der Waals surface area contributed by atoms with Crippen LogP contribution in [0.4, 0.5) is 0 Å². The fourth-order valence-electron chi connectivity index (χ4n) is 3.01. The molecule has 1 aromatic carbocycles. The Morgan fingerprint density at radius 1 is 1.29 bits per heavy atom. The Balaban J connectivity index is 1.65. The fraction of sp³-hybridized carbons (Fsp3) is 0.632. The van der Waals surface area contributed by atoms with E-state index in [1.807, 2.05) is 24.3 Å². The molecule has 1 aliphatic rings. The minimum atomic E-state index is -3.09. The second-order valence-electron chi connectivity index (χ2n) is 6.60. The fourth-order valence-corrected chi connectivity index (χ4v) is 4.14. The predicted molar refractivity (Wildman–Crippen MR) is 112 cm³/mol. The number of methoxy groups -OCH3 is 1. The molecule has 0 aromatic heterocycles. The number of nitrogens with one attached hydrogen (secondary N) is 2. The van der Waals surface area contributed by atoms with E-state index in [1.165, 1.54) is 0 Å². The lowest BCUT2D eigenvalue weighted by molar-refractivity contribution is 0.303. The van der Waals surface area contributed by atoms with Crippen molar-refractivity contribution in [1.82, 2.24) is 14.9 Å². The van der Waals surface area contributed by atoms with E-state index in [0.717, 1.165) is 43.3 Å². The average molecular weight is 413 g/mol. The first kappa shape index (κ1) is 22.3. The Bertz CT molecular complexity index is 731. The van der Waals surface area contributed by atoms with Gasteiger partial charge in [-0.05, 0) is 38.3 Å². The van der Waals surface area contributed by atoms with Gasteiger partial charge in [-0.2, -0.15) is 0 Å². The van der Waals surface area contributed by atoms with Gasteiger partial charge in [-0.15, -0.1) is 0 Å². The Morgan fingerprint density at radius 2 is 2.00 bits per heavy atom. The van der Waals surface area contributed by atoms with E-state index in [-0.39, 0.29) is 11.8 Å². The Hall–Kier alpha value is -2.00. The molecule has 8 nitrogen and oxygen atoms in total. The molecule has 1 aromatic rings. The molecule has 0 spiro atoms. The third-order valence-corrected chi connectivity index (χ3v) is 6.58. The molecule has 158 valence electrons. The molecule has 0 amide bonds. The van der Waals surface area contributed by atoms with Crippen molar-refractivity contribution in [3.8, 4) is 11.5 Å². The monoisotopic (exact) mass is 412 g/mol. The van der Waals surface area contributed by atoms with Crippen LogP contribution in [0.15, 0.2) is 29.3 Å². The highest BCUT2D eigenvalue weighted by atomic mass is 32.2. The second-order valence-corrected chi connectivity index (χ2v) is 8.86. The summed E-state index contributed by atoms with van der Waals surface area (Å²) in [6, 6.07) is 7.77. The van der Waals surface area contributed by atoms with Crippen molar-refractivity contribution >= 4 is 16.0 Å². The lowest BCUT2D eigenvalue weighted by atomic mass is 10.1. The van der Waals surface area contributed by atoms with E-state index in [2.05, 4.69) is 15.6 Å². The summed E-state index contributed by atoms with van der Waals surface area (Å²) in [7, 11) is 0.279. The number of rotatable bonds is 9. The maximum Gasteiger partial charge on any atom is 0.213 e. The van der Waals surface area contributed by atoms with Crippen LogP contribution in [0.1, 0.15) is 26.2 Å². The van der Waals surface area contributed by atoms with Gasteiger partial charge >= 0.3 is 0 Å². The molecule has 1 fully saturated rings. The van der Waals surface area contributed by atoms with Crippen molar-refractivity contribution in [3.63, 3.8) is 0 Å². The van der Waals surface area contributed by atoms with Crippen molar-refractivity contribution in [2.24, 2.45) is 4.99 Å². The predicted octanol–water partition coefficient (Wildman–Crippen LogP) is 1.44. The molecule has 1 aliphatic heterocycles. The highest BCUT2D eigenvalue weighted by Gasteiger charge is 2.26. The van der Waals surface area contributed by atoms with E-state index in [1.54, 1.807) is 25.4 Å². The molecular formula is C19H32N4O4S. The van der Waals surface area contributed by atoms with E-state index in [0.29, 0.717) is 19.7 Å². The van der Waals surface area contributed by atoms with Crippen LogP contribution in [0.2, 0.25) is 0 Å². The van der Waals surface area contributed by atoms with Crippen molar-refractivity contribution < 1.29 is 17.9 Å². The topological polar surface area (TPSA) is 92.3 Å². The van der Waals surface area contributed by atoms with Gasteiger partial charge in [0.15, 0.2) is 5.96 Å². The summed E-state index contributed by atoms with van der Waals surface area (Å²) in [5.41, 5.74) is 0. The van der Waals surface area contributed by atoms with Crippen LogP contribution in [-0.2, 0) is 10.0 Å². The number of hydrogen-bond donors (Lipinski definition) is 2. The van der Waals surface area contributed by atoms with Gasteiger partial charge in [0.2, 0.25) is 10.0 Å². The summed E-state index contributed by atoms with van der Waals surface area (Å²) in [5, 5.41) is 6.66. The maximum absolute atomic E-state index is 11.9. The maximum atomic E-state index is 11.9. The molecule has 2 N–H and O–H groups in total. The molecule has 2 rings (SSSR count). The zero-order valence-corrected chi connectivity index (χ0v) is 17.8. The molecule has 0 unspecified atom stereocenters. The number of aliphatic imine (C=N–C) groups is 1. The summed E-state index contributed by atoms with van der Waals surface area (Å²) >= 11 is 0. The SMILES string of the molecule is CCS(=O)(=O)N1CCC(NC(=NC)NCCCOc2cccc(OC)c2)CC1. The Kier molecular flexibility index (Phi) is 8.85. The highest BCUT2D eigenvalue weighted by molar-refractivity contribution is 7.89. The number of nitrogens with zero attached hydrogens (tertiary/aromatic N) is 2. The molecule has 0 radical (unpaired) electrons. The van der Waals surface area contributed by atoms with Gasteiger partial charge in [-0.3, -0.25) is 4.99 Å². The second kappa shape index (κ2) is 11.1. The van der Waals surface area contributed by atoms with Crippen molar-refractivity contribution in [2.75, 3.05) is 46.2 Å². The first-order chi connectivity index (χ1) is 13.5. The minimum Gasteiger partial charge on any atom is -0.497 e. The summed E-state index contributed by atoms with van der Waals surface area (Å²) in [4.78, 5) is 4.25. The molecular weight excluding hydrogens is 380 g/mol. The van der Waals surface area contributed by atoms with Gasteiger partial charge < -0.3 is 20.1 Å². The van der Waals surface area contributed by atoms with Gasteiger partial charge in [0.05, 0.1) is 19.5 Å². The van der Waals surface area contributed by atoms with Crippen molar-refractivity contribution in [3.05, 3.63) is 24.3 Å². The van der Waals surface area contributed by atoms with Gasteiger partial charge in [-0.1, -0.05) is 6.07 Å². The first-order valence-corrected chi connectivity index (χ1v) is 11.3. The van der Waals surface area contributed by atoms with Crippen LogP contribution in [0, 0.1) is 0 Å².